The van der Waals surface area contributed by atoms with Crippen LogP contribution < -0.4 is 15.0 Å². The van der Waals surface area contributed by atoms with Gasteiger partial charge in [-0.05, 0) is 24.3 Å². The van der Waals surface area contributed by atoms with E-state index in [2.05, 4.69) is 15.3 Å². The fourth-order valence-corrected chi connectivity index (χ4v) is 3.43. The minimum Gasteiger partial charge on any atom is -0.496 e. The smallest absolute Gasteiger partial charge is 0.414 e. The third-order valence-electron chi connectivity index (χ3n) is 4.88. The highest BCUT2D eigenvalue weighted by molar-refractivity contribution is 5.94. The molecule has 0 saturated carbocycles. The molecule has 1 fully saturated rings. The van der Waals surface area contributed by atoms with Crippen molar-refractivity contribution in [3.8, 4) is 28.4 Å². The van der Waals surface area contributed by atoms with E-state index in [9.17, 15) is 4.79 Å². The van der Waals surface area contributed by atoms with Crippen LogP contribution in [0.25, 0.3) is 22.6 Å². The van der Waals surface area contributed by atoms with Crippen molar-refractivity contribution in [2.24, 2.45) is 0 Å². The van der Waals surface area contributed by atoms with Gasteiger partial charge in [0.1, 0.15) is 12.4 Å². The minimum absolute atomic E-state index is 0.309. The number of anilines is 3. The molecule has 9 nitrogen and oxygen atoms in total. The van der Waals surface area contributed by atoms with Crippen molar-refractivity contribution in [3.63, 3.8) is 0 Å². The van der Waals surface area contributed by atoms with Crippen LogP contribution in [-0.2, 0) is 4.74 Å². The summed E-state index contributed by atoms with van der Waals surface area (Å²) in [6, 6.07) is 13.3. The number of carbonyl (C=O) groups is 1. The number of cyclic esters (lactones) is 1. The highest BCUT2D eigenvalue weighted by Crippen LogP contribution is 2.36. The molecule has 0 atom stereocenters. The lowest BCUT2D eigenvalue weighted by Gasteiger charge is -2.15. The van der Waals surface area contributed by atoms with Gasteiger partial charge < -0.3 is 23.6 Å². The first-order valence-corrected chi connectivity index (χ1v) is 9.56. The molecule has 1 aliphatic rings. The fraction of sp³-hybridized carbons (Fsp3) is 0.136. The maximum absolute atomic E-state index is 12.0. The fourth-order valence-electron chi connectivity index (χ4n) is 3.43. The molecule has 156 valence electrons. The van der Waals surface area contributed by atoms with Crippen molar-refractivity contribution in [3.05, 3.63) is 61.3 Å². The van der Waals surface area contributed by atoms with E-state index in [4.69, 9.17) is 18.3 Å². The van der Waals surface area contributed by atoms with Gasteiger partial charge in [-0.3, -0.25) is 4.90 Å². The number of carbonyl (C=O) groups excluding carboxylic acids is 1. The second-order valence-corrected chi connectivity index (χ2v) is 6.72. The van der Waals surface area contributed by atoms with E-state index in [1.807, 2.05) is 42.5 Å². The van der Waals surface area contributed by atoms with Gasteiger partial charge in [0.25, 0.3) is 6.01 Å². The van der Waals surface area contributed by atoms with Crippen LogP contribution in [0.1, 0.15) is 0 Å². The van der Waals surface area contributed by atoms with Gasteiger partial charge in [-0.25, -0.2) is 14.8 Å². The highest BCUT2D eigenvalue weighted by atomic mass is 16.6. The molecule has 1 amide bonds. The van der Waals surface area contributed by atoms with Crippen molar-refractivity contribution in [1.29, 1.82) is 0 Å². The second-order valence-electron chi connectivity index (χ2n) is 6.72. The third-order valence-corrected chi connectivity index (χ3v) is 4.88. The Morgan fingerprint density at radius 1 is 1.10 bits per heavy atom. The lowest BCUT2D eigenvalue weighted by Crippen LogP contribution is -2.23. The van der Waals surface area contributed by atoms with Crippen molar-refractivity contribution in [2.45, 2.75) is 0 Å². The lowest BCUT2D eigenvalue weighted by atomic mass is 10.1. The highest BCUT2D eigenvalue weighted by Gasteiger charge is 2.26. The Morgan fingerprint density at radius 2 is 2.00 bits per heavy atom. The van der Waals surface area contributed by atoms with E-state index >= 15 is 0 Å². The van der Waals surface area contributed by atoms with Crippen LogP contribution in [-0.4, -0.2) is 36.3 Å². The van der Waals surface area contributed by atoms with Crippen LogP contribution in [0.2, 0.25) is 0 Å². The number of hydrogen-bond acceptors (Lipinski definition) is 8. The minimum atomic E-state index is -0.371. The first kappa shape index (κ1) is 18.7. The second kappa shape index (κ2) is 7.86. The number of oxazole rings is 2. The Balaban J connectivity index is 1.41. The number of ether oxygens (including phenoxy) is 2. The largest absolute Gasteiger partial charge is 0.496 e. The lowest BCUT2D eigenvalue weighted by molar-refractivity contribution is 0.181. The quantitative estimate of drug-likeness (QED) is 0.480. The number of aromatic nitrogens is 2. The Morgan fingerprint density at radius 3 is 2.77 bits per heavy atom. The summed E-state index contributed by atoms with van der Waals surface area (Å²) < 4.78 is 21.8. The summed E-state index contributed by atoms with van der Waals surface area (Å²) in [7, 11) is 1.59. The summed E-state index contributed by atoms with van der Waals surface area (Å²) in [5.41, 5.74) is 2.97. The zero-order valence-corrected chi connectivity index (χ0v) is 16.6. The third kappa shape index (κ3) is 3.57. The molecule has 2 aromatic heterocycles. The number of methoxy groups -OCH3 is 1. The topological polar surface area (TPSA) is 103 Å². The summed E-state index contributed by atoms with van der Waals surface area (Å²) in [5.74, 6) is 1.76. The van der Waals surface area contributed by atoms with Gasteiger partial charge >= 0.3 is 6.09 Å². The van der Waals surface area contributed by atoms with E-state index < -0.39 is 0 Å². The maximum Gasteiger partial charge on any atom is 0.414 e. The molecule has 31 heavy (non-hydrogen) atoms. The van der Waals surface area contributed by atoms with E-state index in [1.54, 1.807) is 24.4 Å². The summed E-state index contributed by atoms with van der Waals surface area (Å²) in [6.45, 7) is 0.856. The molecule has 0 radical (unpaired) electrons. The van der Waals surface area contributed by atoms with Crippen LogP contribution in [0, 0.1) is 0 Å². The number of rotatable bonds is 6. The van der Waals surface area contributed by atoms with Crippen LogP contribution >= 0.6 is 0 Å². The van der Waals surface area contributed by atoms with Crippen LogP contribution in [0.3, 0.4) is 0 Å². The Hall–Kier alpha value is -4.27. The van der Waals surface area contributed by atoms with Crippen LogP contribution in [0.5, 0.6) is 5.75 Å². The number of benzene rings is 2. The first-order valence-electron chi connectivity index (χ1n) is 9.56. The summed E-state index contributed by atoms with van der Waals surface area (Å²) in [4.78, 5) is 21.8. The van der Waals surface area contributed by atoms with E-state index in [-0.39, 0.29) is 6.09 Å². The standard InChI is InChI=1S/C22H18N4O5/c1-28-18-10-14(6-7-16(18)19-11-23-13-30-19)25-21-24-12-20(31-21)15-4-2-3-5-17(15)26-8-9-29-22(26)27/h2-7,10-13H,8-9H2,1H3,(H,24,25). The average molecular weight is 418 g/mol. The first-order chi connectivity index (χ1) is 15.2. The predicted molar refractivity (Wildman–Crippen MR) is 112 cm³/mol. The zero-order chi connectivity index (χ0) is 21.2. The van der Waals surface area contributed by atoms with E-state index in [0.29, 0.717) is 42.1 Å². The Kier molecular flexibility index (Phi) is 4.75. The molecule has 0 bridgehead atoms. The molecule has 1 aliphatic heterocycles. The average Bonchev–Trinajstić information content (AvgIpc) is 3.56. The molecule has 0 spiro atoms. The number of amides is 1. The van der Waals surface area contributed by atoms with Gasteiger partial charge in [0.05, 0.1) is 37.3 Å². The van der Waals surface area contributed by atoms with E-state index in [0.717, 1.165) is 16.8 Å². The van der Waals surface area contributed by atoms with Crippen LogP contribution in [0.15, 0.2) is 70.1 Å². The summed E-state index contributed by atoms with van der Waals surface area (Å²) in [6.07, 6.45) is 4.24. The zero-order valence-electron chi connectivity index (χ0n) is 16.6. The number of para-hydroxylation sites is 1. The predicted octanol–water partition coefficient (Wildman–Crippen LogP) is 4.71. The molecule has 5 rings (SSSR count). The van der Waals surface area contributed by atoms with Gasteiger partial charge in [-0.15, -0.1) is 0 Å². The van der Waals surface area contributed by atoms with Crippen molar-refractivity contribution in [1.82, 2.24) is 9.97 Å². The Bertz CT molecular complexity index is 1220. The molecular formula is C22H18N4O5. The summed E-state index contributed by atoms with van der Waals surface area (Å²) in [5, 5.41) is 3.13. The number of hydrogen-bond donors (Lipinski definition) is 1. The normalized spacial score (nSPS) is 13.3. The van der Waals surface area contributed by atoms with Crippen molar-refractivity contribution < 1.29 is 23.1 Å². The van der Waals surface area contributed by atoms with Crippen LogP contribution in [0.4, 0.5) is 22.2 Å². The molecule has 3 heterocycles. The Labute approximate surface area is 177 Å². The monoisotopic (exact) mass is 418 g/mol. The van der Waals surface area contributed by atoms with Gasteiger partial charge in [0, 0.05) is 17.3 Å². The van der Waals surface area contributed by atoms with Gasteiger partial charge in [0.15, 0.2) is 17.9 Å². The molecule has 0 unspecified atom stereocenters. The molecular weight excluding hydrogens is 400 g/mol. The van der Waals surface area contributed by atoms with Gasteiger partial charge in [0.2, 0.25) is 0 Å². The molecule has 4 aromatic rings. The molecule has 1 N–H and O–H groups in total. The SMILES string of the molecule is COc1cc(Nc2ncc(-c3ccccc3N3CCOC3=O)o2)ccc1-c1cnco1. The van der Waals surface area contributed by atoms with Crippen molar-refractivity contribution >= 4 is 23.5 Å². The molecule has 2 aromatic carbocycles. The summed E-state index contributed by atoms with van der Waals surface area (Å²) >= 11 is 0. The maximum atomic E-state index is 12.0. The number of nitrogens with zero attached hydrogens (tertiary/aromatic N) is 3. The molecule has 0 aliphatic carbocycles. The molecule has 9 heteroatoms. The van der Waals surface area contributed by atoms with Gasteiger partial charge in [-0.2, -0.15) is 0 Å². The van der Waals surface area contributed by atoms with Gasteiger partial charge in [-0.1, -0.05) is 12.1 Å². The van der Waals surface area contributed by atoms with E-state index in [1.165, 1.54) is 6.39 Å². The van der Waals surface area contributed by atoms with Crippen molar-refractivity contribution in [2.75, 3.05) is 30.5 Å². The molecule has 1 saturated heterocycles. The number of nitrogens with one attached hydrogen (secondary N) is 1.